The minimum atomic E-state index is -1.82. The van der Waals surface area contributed by atoms with Gasteiger partial charge in [-0.15, -0.1) is 0 Å². The standard InChI is InChI=1S/C26H37NO2.C2H2O4/c1-3-4-10-17-27-18-15-23(26(21-27)28-2)16-19-29-25-14-9-8-13-24(25)20-22-11-6-5-7-12-22;3-1(4)2(5)6/h5-9,11-14,23,26H,3-4,10,15-21H2,1-2H3;(H,3,4)(H,5,6)/t23-,26+;/m1./s1. The number of unbranched alkanes of at least 4 members (excludes halogenated alkanes) is 2. The molecule has 2 aromatic carbocycles. The maximum atomic E-state index is 9.10. The molecule has 2 atom stereocenters. The third-order valence-electron chi connectivity index (χ3n) is 6.30. The highest BCUT2D eigenvalue weighted by Crippen LogP contribution is 2.26. The van der Waals surface area contributed by atoms with Crippen molar-refractivity contribution in [2.45, 2.75) is 51.6 Å². The van der Waals surface area contributed by atoms with E-state index in [9.17, 15) is 0 Å². The molecule has 0 unspecified atom stereocenters. The third kappa shape index (κ3) is 10.5. The molecule has 1 saturated heterocycles. The number of nitrogens with zero attached hydrogens (tertiary/aromatic N) is 1. The SMILES string of the molecule is CCCCCN1CC[C@H](CCOc2ccccc2Cc2ccccc2)[C@@H](OC)C1.O=C(O)C(=O)O. The number of ether oxygens (including phenoxy) is 2. The monoisotopic (exact) mass is 485 g/mol. The average Bonchev–Trinajstić information content (AvgIpc) is 2.87. The first kappa shape index (κ1) is 28.3. The molecule has 3 rings (SSSR count). The summed E-state index contributed by atoms with van der Waals surface area (Å²) < 4.78 is 12.1. The van der Waals surface area contributed by atoms with Crippen molar-refractivity contribution in [3.8, 4) is 5.75 Å². The van der Waals surface area contributed by atoms with Crippen LogP contribution in [0.25, 0.3) is 0 Å². The minimum absolute atomic E-state index is 0.327. The highest BCUT2D eigenvalue weighted by Gasteiger charge is 2.28. The first-order valence-electron chi connectivity index (χ1n) is 12.4. The Kier molecular flexibility index (Phi) is 12.9. The van der Waals surface area contributed by atoms with Gasteiger partial charge >= 0.3 is 11.9 Å². The second-order valence-corrected chi connectivity index (χ2v) is 8.85. The zero-order chi connectivity index (χ0) is 25.5. The highest BCUT2D eigenvalue weighted by molar-refractivity contribution is 6.27. The Morgan fingerprint density at radius 1 is 1.00 bits per heavy atom. The van der Waals surface area contributed by atoms with Gasteiger partial charge in [-0.1, -0.05) is 68.3 Å². The van der Waals surface area contributed by atoms with Crippen molar-refractivity contribution in [2.75, 3.05) is 33.4 Å². The zero-order valence-corrected chi connectivity index (χ0v) is 20.9. The van der Waals surface area contributed by atoms with Crippen molar-refractivity contribution in [2.24, 2.45) is 5.92 Å². The molecule has 1 heterocycles. The molecule has 0 saturated carbocycles. The molecule has 2 N–H and O–H groups in total. The largest absolute Gasteiger partial charge is 0.493 e. The number of hydrogen-bond acceptors (Lipinski definition) is 5. The molecular weight excluding hydrogens is 446 g/mol. The summed E-state index contributed by atoms with van der Waals surface area (Å²) in [5, 5.41) is 14.8. The molecule has 35 heavy (non-hydrogen) atoms. The summed E-state index contributed by atoms with van der Waals surface area (Å²) in [5.41, 5.74) is 2.58. The number of piperidine rings is 1. The maximum absolute atomic E-state index is 9.10. The van der Waals surface area contributed by atoms with E-state index in [-0.39, 0.29) is 0 Å². The third-order valence-corrected chi connectivity index (χ3v) is 6.30. The molecule has 1 aliphatic heterocycles. The van der Waals surface area contributed by atoms with E-state index < -0.39 is 11.9 Å². The summed E-state index contributed by atoms with van der Waals surface area (Å²) >= 11 is 0. The Labute approximate surface area is 208 Å². The van der Waals surface area contributed by atoms with Gasteiger partial charge in [0.2, 0.25) is 0 Å². The number of carbonyl (C=O) groups is 2. The number of carboxylic acid groups (broad SMARTS) is 2. The summed E-state index contributed by atoms with van der Waals surface area (Å²) in [7, 11) is 1.86. The Morgan fingerprint density at radius 3 is 2.34 bits per heavy atom. The number of aliphatic carboxylic acids is 2. The van der Waals surface area contributed by atoms with Gasteiger partial charge < -0.3 is 24.6 Å². The van der Waals surface area contributed by atoms with Gasteiger partial charge in [0.1, 0.15) is 5.75 Å². The van der Waals surface area contributed by atoms with Crippen LogP contribution < -0.4 is 4.74 Å². The smallest absolute Gasteiger partial charge is 0.414 e. The van der Waals surface area contributed by atoms with Gasteiger partial charge in [0, 0.05) is 20.1 Å². The molecule has 2 aromatic rings. The average molecular weight is 486 g/mol. The summed E-state index contributed by atoms with van der Waals surface area (Å²) in [5.74, 6) is -2.05. The second-order valence-electron chi connectivity index (χ2n) is 8.85. The van der Waals surface area contributed by atoms with Crippen LogP contribution in [0, 0.1) is 5.92 Å². The topological polar surface area (TPSA) is 96.3 Å². The lowest BCUT2D eigenvalue weighted by atomic mass is 9.90. The van der Waals surface area contributed by atoms with E-state index in [0.717, 1.165) is 31.7 Å². The van der Waals surface area contributed by atoms with E-state index in [4.69, 9.17) is 29.3 Å². The van der Waals surface area contributed by atoms with Crippen molar-refractivity contribution in [1.29, 1.82) is 0 Å². The Morgan fingerprint density at radius 2 is 1.69 bits per heavy atom. The lowest BCUT2D eigenvalue weighted by Crippen LogP contribution is -2.45. The van der Waals surface area contributed by atoms with E-state index in [1.54, 1.807) is 0 Å². The minimum Gasteiger partial charge on any atom is -0.493 e. The summed E-state index contributed by atoms with van der Waals surface area (Å²) in [6, 6.07) is 19.0. The van der Waals surface area contributed by atoms with Gasteiger partial charge in [0.25, 0.3) is 0 Å². The number of methoxy groups -OCH3 is 1. The van der Waals surface area contributed by atoms with Gasteiger partial charge in [-0.3, -0.25) is 0 Å². The molecule has 7 heteroatoms. The van der Waals surface area contributed by atoms with Crippen molar-refractivity contribution < 1.29 is 29.3 Å². The van der Waals surface area contributed by atoms with Crippen LogP contribution in [0.2, 0.25) is 0 Å². The molecule has 0 spiro atoms. The molecule has 0 aliphatic carbocycles. The number of likely N-dealkylation sites (tertiary alicyclic amines) is 1. The van der Waals surface area contributed by atoms with Crippen LogP contribution in [0.5, 0.6) is 5.75 Å². The fourth-order valence-electron chi connectivity index (χ4n) is 4.34. The lowest BCUT2D eigenvalue weighted by molar-refractivity contribution is -0.159. The first-order valence-corrected chi connectivity index (χ1v) is 12.4. The number of carboxylic acids is 2. The second kappa shape index (κ2) is 15.9. The van der Waals surface area contributed by atoms with E-state index in [1.807, 2.05) is 7.11 Å². The molecule has 7 nitrogen and oxygen atoms in total. The molecular formula is C28H39NO6. The molecule has 192 valence electrons. The first-order chi connectivity index (χ1) is 16.9. The number of hydrogen-bond donors (Lipinski definition) is 2. The van der Waals surface area contributed by atoms with E-state index in [1.165, 1.54) is 49.9 Å². The van der Waals surface area contributed by atoms with Gasteiger partial charge in [0.15, 0.2) is 0 Å². The lowest BCUT2D eigenvalue weighted by Gasteiger charge is -2.38. The van der Waals surface area contributed by atoms with Crippen LogP contribution in [0.15, 0.2) is 54.6 Å². The van der Waals surface area contributed by atoms with Crippen molar-refractivity contribution in [3.63, 3.8) is 0 Å². The van der Waals surface area contributed by atoms with E-state index in [0.29, 0.717) is 12.0 Å². The predicted octanol–water partition coefficient (Wildman–Crippen LogP) is 4.73. The predicted molar refractivity (Wildman–Crippen MR) is 136 cm³/mol. The molecule has 1 aliphatic rings. The Bertz CT molecular complexity index is 876. The summed E-state index contributed by atoms with van der Waals surface area (Å²) in [6.45, 7) is 6.49. The van der Waals surface area contributed by atoms with E-state index >= 15 is 0 Å². The Hall–Kier alpha value is -2.90. The molecule has 0 aromatic heterocycles. The van der Waals surface area contributed by atoms with Gasteiger partial charge in [-0.25, -0.2) is 9.59 Å². The van der Waals surface area contributed by atoms with Crippen molar-refractivity contribution >= 4 is 11.9 Å². The van der Waals surface area contributed by atoms with Crippen LogP contribution in [-0.2, 0) is 20.7 Å². The quantitative estimate of drug-likeness (QED) is 0.351. The normalized spacial score (nSPS) is 17.8. The van der Waals surface area contributed by atoms with Gasteiger partial charge in [0.05, 0.1) is 12.7 Å². The molecule has 0 bridgehead atoms. The molecule has 0 radical (unpaired) electrons. The Balaban J connectivity index is 0.000000641. The van der Waals surface area contributed by atoms with Crippen LogP contribution in [0.4, 0.5) is 0 Å². The van der Waals surface area contributed by atoms with Crippen LogP contribution in [0.1, 0.15) is 50.2 Å². The van der Waals surface area contributed by atoms with Crippen LogP contribution in [-0.4, -0.2) is 66.5 Å². The summed E-state index contributed by atoms with van der Waals surface area (Å²) in [4.78, 5) is 20.8. The molecule has 0 amide bonds. The highest BCUT2D eigenvalue weighted by atomic mass is 16.5. The fraction of sp³-hybridized carbons (Fsp3) is 0.500. The number of benzene rings is 2. The maximum Gasteiger partial charge on any atom is 0.414 e. The fourth-order valence-corrected chi connectivity index (χ4v) is 4.34. The zero-order valence-electron chi connectivity index (χ0n) is 20.9. The van der Waals surface area contributed by atoms with E-state index in [2.05, 4.69) is 66.4 Å². The number of rotatable bonds is 11. The van der Waals surface area contributed by atoms with Crippen LogP contribution >= 0.6 is 0 Å². The number of para-hydroxylation sites is 1. The summed E-state index contributed by atoms with van der Waals surface area (Å²) in [6.07, 6.45) is 7.42. The molecule has 1 fully saturated rings. The van der Waals surface area contributed by atoms with Gasteiger partial charge in [-0.2, -0.15) is 0 Å². The van der Waals surface area contributed by atoms with Gasteiger partial charge in [-0.05, 0) is 55.5 Å². The van der Waals surface area contributed by atoms with Crippen LogP contribution in [0.3, 0.4) is 0 Å². The van der Waals surface area contributed by atoms with Crippen molar-refractivity contribution in [1.82, 2.24) is 4.90 Å². The van der Waals surface area contributed by atoms with Crippen molar-refractivity contribution in [3.05, 3.63) is 65.7 Å².